The Hall–Kier alpha value is -4.11. The maximum absolute atomic E-state index is 13.8. The number of carbonyl (C=O) groups is 1. The molecule has 0 fully saturated rings. The highest BCUT2D eigenvalue weighted by molar-refractivity contribution is 7.07. The van der Waals surface area contributed by atoms with Gasteiger partial charge in [-0.25, -0.2) is 9.79 Å². The molecule has 0 amide bonds. The number of thiazole rings is 1. The third-order valence-corrected chi connectivity index (χ3v) is 6.97. The van der Waals surface area contributed by atoms with Crippen molar-refractivity contribution in [2.75, 3.05) is 20.8 Å². The highest BCUT2D eigenvalue weighted by Gasteiger charge is 2.33. The van der Waals surface area contributed by atoms with Gasteiger partial charge in [0.1, 0.15) is 5.75 Å². The van der Waals surface area contributed by atoms with Gasteiger partial charge in [-0.05, 0) is 61.7 Å². The summed E-state index contributed by atoms with van der Waals surface area (Å²) < 4.78 is 18.0. The number of aromatic nitrogens is 1. The summed E-state index contributed by atoms with van der Waals surface area (Å²) in [5.41, 5.74) is 2.48. The molecule has 9 heteroatoms. The second-order valence-electron chi connectivity index (χ2n) is 8.30. The van der Waals surface area contributed by atoms with E-state index in [2.05, 4.69) is 11.6 Å². The predicted molar refractivity (Wildman–Crippen MR) is 142 cm³/mol. The number of allylic oxidation sites excluding steroid dienone is 2. The molecular weight excluding hydrogens is 492 g/mol. The zero-order valence-corrected chi connectivity index (χ0v) is 21.9. The number of phenolic OH excluding ortho intramolecular Hbond substituents is 1. The minimum absolute atomic E-state index is 0.0359. The van der Waals surface area contributed by atoms with Crippen molar-refractivity contribution in [3.8, 4) is 17.2 Å². The molecule has 2 heterocycles. The van der Waals surface area contributed by atoms with Crippen LogP contribution in [-0.2, 0) is 16.0 Å². The lowest BCUT2D eigenvalue weighted by Crippen LogP contribution is -2.39. The van der Waals surface area contributed by atoms with Crippen LogP contribution in [0.1, 0.15) is 36.6 Å². The standard InChI is InChI=1S/C28H28N2O6S/c1-6-9-19-12-17(13-21(35-5)25(19)31)14-22-26(32)30-24(18-10-8-11-20(15-18)34-4)23(27(33)36-7-2)16(3)29-28(30)37-22/h6,8,10-15,24,31H,1,7,9H2,2-5H3/b22-14+. The third-order valence-electron chi connectivity index (χ3n) is 5.98. The Morgan fingerprint density at radius 2 is 2.03 bits per heavy atom. The maximum atomic E-state index is 13.8. The van der Waals surface area contributed by atoms with Crippen molar-refractivity contribution in [2.45, 2.75) is 26.3 Å². The van der Waals surface area contributed by atoms with Gasteiger partial charge in [0.05, 0.1) is 42.7 Å². The van der Waals surface area contributed by atoms with E-state index in [4.69, 9.17) is 14.2 Å². The van der Waals surface area contributed by atoms with Crippen LogP contribution in [0.4, 0.5) is 0 Å². The number of phenols is 1. The SMILES string of the molecule is C=CCc1cc(/C=c2/sc3n(c2=O)C(c2cccc(OC)c2)C(C(=O)OCC)=C(C)N=3)cc(OC)c1O. The molecular formula is C28H28N2O6S. The zero-order valence-electron chi connectivity index (χ0n) is 21.1. The molecule has 2 aromatic carbocycles. The summed E-state index contributed by atoms with van der Waals surface area (Å²) in [7, 11) is 3.03. The van der Waals surface area contributed by atoms with Crippen LogP contribution in [0.3, 0.4) is 0 Å². The zero-order chi connectivity index (χ0) is 26.7. The van der Waals surface area contributed by atoms with Crippen LogP contribution in [0.2, 0.25) is 0 Å². The highest BCUT2D eigenvalue weighted by Crippen LogP contribution is 2.33. The maximum Gasteiger partial charge on any atom is 0.338 e. The second-order valence-corrected chi connectivity index (χ2v) is 9.31. The largest absolute Gasteiger partial charge is 0.504 e. The van der Waals surface area contributed by atoms with Crippen LogP contribution >= 0.6 is 11.3 Å². The molecule has 1 aliphatic heterocycles. The summed E-state index contributed by atoms with van der Waals surface area (Å²) in [6.07, 6.45) is 3.84. The number of benzene rings is 2. The molecule has 4 rings (SSSR count). The van der Waals surface area contributed by atoms with Gasteiger partial charge in [-0.1, -0.05) is 29.5 Å². The number of hydrogen-bond donors (Lipinski definition) is 1. The Morgan fingerprint density at radius 1 is 1.24 bits per heavy atom. The van der Waals surface area contributed by atoms with Gasteiger partial charge in [-0.15, -0.1) is 6.58 Å². The second kappa shape index (κ2) is 10.9. The van der Waals surface area contributed by atoms with Crippen molar-refractivity contribution in [2.24, 2.45) is 4.99 Å². The number of hydrogen-bond acceptors (Lipinski definition) is 8. The lowest BCUT2D eigenvalue weighted by Gasteiger charge is -2.25. The summed E-state index contributed by atoms with van der Waals surface area (Å²) in [5, 5.41) is 10.4. The van der Waals surface area contributed by atoms with Crippen molar-refractivity contribution in [3.05, 3.63) is 96.7 Å². The van der Waals surface area contributed by atoms with E-state index in [0.29, 0.717) is 55.2 Å². The van der Waals surface area contributed by atoms with Crippen LogP contribution in [0.25, 0.3) is 6.08 Å². The highest BCUT2D eigenvalue weighted by atomic mass is 32.1. The number of rotatable bonds is 8. The number of esters is 1. The Labute approximate surface area is 218 Å². The quantitative estimate of drug-likeness (QED) is 0.362. The van der Waals surface area contributed by atoms with E-state index in [-0.39, 0.29) is 17.9 Å². The fourth-order valence-electron chi connectivity index (χ4n) is 4.31. The lowest BCUT2D eigenvalue weighted by atomic mass is 9.95. The molecule has 0 aliphatic carbocycles. The van der Waals surface area contributed by atoms with Crippen molar-refractivity contribution in [1.82, 2.24) is 4.57 Å². The summed E-state index contributed by atoms with van der Waals surface area (Å²) >= 11 is 1.22. The minimum atomic E-state index is -0.738. The molecule has 0 saturated heterocycles. The number of fused-ring (bicyclic) bond motifs is 1. The Kier molecular flexibility index (Phi) is 7.63. The fourth-order valence-corrected chi connectivity index (χ4v) is 5.36. The first-order chi connectivity index (χ1) is 17.8. The Morgan fingerprint density at radius 3 is 2.70 bits per heavy atom. The summed E-state index contributed by atoms with van der Waals surface area (Å²) in [5.74, 6) is 0.411. The van der Waals surface area contributed by atoms with Crippen LogP contribution in [0.5, 0.6) is 17.2 Å². The van der Waals surface area contributed by atoms with Gasteiger partial charge in [-0.2, -0.15) is 0 Å². The van der Waals surface area contributed by atoms with Crippen molar-refractivity contribution >= 4 is 23.4 Å². The smallest absolute Gasteiger partial charge is 0.338 e. The monoisotopic (exact) mass is 520 g/mol. The summed E-state index contributed by atoms with van der Waals surface area (Å²) in [4.78, 5) is 31.9. The molecule has 1 N–H and O–H groups in total. The molecule has 3 aromatic rings. The average molecular weight is 521 g/mol. The summed E-state index contributed by atoms with van der Waals surface area (Å²) in [6.45, 7) is 7.40. The molecule has 1 atom stereocenters. The van der Waals surface area contributed by atoms with E-state index >= 15 is 0 Å². The fraction of sp³-hybridized carbons (Fsp3) is 0.250. The van der Waals surface area contributed by atoms with E-state index in [1.807, 2.05) is 12.1 Å². The number of nitrogens with zero attached hydrogens (tertiary/aromatic N) is 2. The number of aromatic hydroxyl groups is 1. The number of methoxy groups -OCH3 is 2. The lowest BCUT2D eigenvalue weighted by molar-refractivity contribution is -0.139. The topological polar surface area (TPSA) is 99.4 Å². The molecule has 1 aromatic heterocycles. The molecule has 192 valence electrons. The Balaban J connectivity index is 1.96. The van der Waals surface area contributed by atoms with Gasteiger partial charge in [0.25, 0.3) is 5.56 Å². The van der Waals surface area contributed by atoms with E-state index in [1.54, 1.807) is 57.4 Å². The van der Waals surface area contributed by atoms with Gasteiger partial charge >= 0.3 is 5.97 Å². The van der Waals surface area contributed by atoms with E-state index < -0.39 is 12.0 Å². The molecule has 1 unspecified atom stereocenters. The molecule has 37 heavy (non-hydrogen) atoms. The predicted octanol–water partition coefficient (Wildman–Crippen LogP) is 3.25. The van der Waals surface area contributed by atoms with Gasteiger partial charge in [0.2, 0.25) is 0 Å². The van der Waals surface area contributed by atoms with Crippen LogP contribution in [-0.4, -0.2) is 36.5 Å². The number of ether oxygens (including phenoxy) is 3. The molecule has 0 radical (unpaired) electrons. The third kappa shape index (κ3) is 4.95. The molecule has 0 saturated carbocycles. The first-order valence-electron chi connectivity index (χ1n) is 11.7. The van der Waals surface area contributed by atoms with Crippen LogP contribution in [0, 0.1) is 0 Å². The van der Waals surface area contributed by atoms with E-state index in [9.17, 15) is 14.7 Å². The van der Waals surface area contributed by atoms with E-state index in [1.165, 1.54) is 23.0 Å². The molecule has 8 nitrogen and oxygen atoms in total. The molecule has 0 bridgehead atoms. The van der Waals surface area contributed by atoms with E-state index in [0.717, 1.165) is 0 Å². The van der Waals surface area contributed by atoms with Crippen LogP contribution < -0.4 is 24.4 Å². The first kappa shape index (κ1) is 26.0. The van der Waals surface area contributed by atoms with Gasteiger partial charge in [0.15, 0.2) is 16.3 Å². The normalized spacial score (nSPS) is 15.1. The Bertz CT molecular complexity index is 1580. The van der Waals surface area contributed by atoms with Gasteiger partial charge < -0.3 is 19.3 Å². The van der Waals surface area contributed by atoms with Crippen molar-refractivity contribution in [1.29, 1.82) is 0 Å². The summed E-state index contributed by atoms with van der Waals surface area (Å²) in [6, 6.07) is 9.96. The first-order valence-corrected chi connectivity index (χ1v) is 12.5. The molecule has 1 aliphatic rings. The van der Waals surface area contributed by atoms with Gasteiger partial charge in [0, 0.05) is 5.56 Å². The average Bonchev–Trinajstić information content (AvgIpc) is 3.19. The minimum Gasteiger partial charge on any atom is -0.504 e. The molecule has 0 spiro atoms. The van der Waals surface area contributed by atoms with Crippen molar-refractivity contribution in [3.63, 3.8) is 0 Å². The number of carbonyl (C=O) groups excluding carboxylic acids is 1. The van der Waals surface area contributed by atoms with Crippen molar-refractivity contribution < 1.29 is 24.1 Å². The van der Waals surface area contributed by atoms with Crippen LogP contribution in [0.15, 0.2) is 70.1 Å². The van der Waals surface area contributed by atoms with Gasteiger partial charge in [-0.3, -0.25) is 9.36 Å².